The minimum Gasteiger partial charge on any atom is -0.444 e. The molecular formula is C23H33N5O9. The molecule has 0 radical (unpaired) electrons. The number of hydrogen-bond acceptors (Lipinski definition) is 10. The Kier molecular flexibility index (Phi) is 9.37. The van der Waals surface area contributed by atoms with E-state index in [2.05, 4.69) is 15.6 Å². The van der Waals surface area contributed by atoms with Gasteiger partial charge in [0.25, 0.3) is 11.8 Å². The highest BCUT2D eigenvalue weighted by molar-refractivity contribution is 6.02. The number of nitrogens with one attached hydrogen (secondary N) is 2. The lowest BCUT2D eigenvalue weighted by Crippen LogP contribution is -2.47. The number of imidazole rings is 1. The smallest absolute Gasteiger partial charge is 0.419 e. The molecule has 4 amide bonds. The van der Waals surface area contributed by atoms with E-state index in [9.17, 15) is 28.8 Å². The molecule has 1 aromatic rings. The molecule has 1 aromatic heterocycles. The van der Waals surface area contributed by atoms with Gasteiger partial charge in [0.1, 0.15) is 23.6 Å². The van der Waals surface area contributed by atoms with Crippen LogP contribution >= 0.6 is 0 Å². The minimum absolute atomic E-state index is 0.0844. The second-order valence-electron chi connectivity index (χ2n) is 10.2. The van der Waals surface area contributed by atoms with Crippen LogP contribution in [0, 0.1) is 0 Å². The SMILES string of the molecule is CC(C)(C)OC(=O)NCCC(=O)NC(Cc1cn(C(=O)OC(C)(C)C)cn1)C(=O)ON1C(=O)CCC1=O. The Bertz CT molecular complexity index is 1040. The van der Waals surface area contributed by atoms with Crippen LogP contribution in [0.15, 0.2) is 12.5 Å². The van der Waals surface area contributed by atoms with Crippen molar-refractivity contribution in [1.29, 1.82) is 0 Å². The van der Waals surface area contributed by atoms with E-state index < -0.39 is 53.1 Å². The Balaban J connectivity index is 2.07. The number of carbonyl (C=O) groups excluding carboxylic acids is 6. The molecule has 14 heteroatoms. The first-order valence-electron chi connectivity index (χ1n) is 11.6. The van der Waals surface area contributed by atoms with Gasteiger partial charge in [-0.3, -0.25) is 14.4 Å². The number of rotatable bonds is 8. The molecule has 1 atom stereocenters. The molecule has 1 fully saturated rings. The third-order valence-corrected chi connectivity index (χ3v) is 4.48. The predicted molar refractivity (Wildman–Crippen MR) is 126 cm³/mol. The van der Waals surface area contributed by atoms with Crippen molar-refractivity contribution in [3.63, 3.8) is 0 Å². The zero-order chi connectivity index (χ0) is 28.0. The Morgan fingerprint density at radius 1 is 1.00 bits per heavy atom. The van der Waals surface area contributed by atoms with Gasteiger partial charge in [-0.25, -0.2) is 23.9 Å². The quantitative estimate of drug-likeness (QED) is 0.471. The molecule has 1 saturated heterocycles. The number of hydroxylamine groups is 2. The van der Waals surface area contributed by atoms with Gasteiger partial charge in [0.15, 0.2) is 0 Å². The van der Waals surface area contributed by atoms with Gasteiger partial charge < -0.3 is 24.9 Å². The lowest BCUT2D eigenvalue weighted by molar-refractivity contribution is -0.199. The maximum Gasteiger partial charge on any atom is 0.419 e. The van der Waals surface area contributed by atoms with Crippen molar-refractivity contribution in [3.05, 3.63) is 18.2 Å². The molecule has 1 unspecified atom stereocenters. The van der Waals surface area contributed by atoms with Gasteiger partial charge in [0, 0.05) is 38.4 Å². The molecule has 0 spiro atoms. The van der Waals surface area contributed by atoms with Crippen LogP contribution in [0.5, 0.6) is 0 Å². The fourth-order valence-electron chi connectivity index (χ4n) is 2.96. The number of carbonyl (C=O) groups is 6. The van der Waals surface area contributed by atoms with Crippen LogP contribution in [0.3, 0.4) is 0 Å². The number of ether oxygens (including phenoxy) is 2. The van der Waals surface area contributed by atoms with Gasteiger partial charge in [-0.05, 0) is 41.5 Å². The first-order chi connectivity index (χ1) is 17.0. The van der Waals surface area contributed by atoms with Crippen LogP contribution in [0.25, 0.3) is 0 Å². The Morgan fingerprint density at radius 2 is 1.59 bits per heavy atom. The van der Waals surface area contributed by atoms with Crippen molar-refractivity contribution in [2.45, 2.75) is 84.5 Å². The van der Waals surface area contributed by atoms with E-state index in [1.54, 1.807) is 41.5 Å². The molecule has 37 heavy (non-hydrogen) atoms. The summed E-state index contributed by atoms with van der Waals surface area (Å²) in [5.41, 5.74) is -1.24. The highest BCUT2D eigenvalue weighted by Gasteiger charge is 2.35. The lowest BCUT2D eigenvalue weighted by Gasteiger charge is -2.21. The van der Waals surface area contributed by atoms with Crippen molar-refractivity contribution < 1.29 is 43.1 Å². The molecular weight excluding hydrogens is 490 g/mol. The Labute approximate surface area is 213 Å². The van der Waals surface area contributed by atoms with Gasteiger partial charge in [-0.1, -0.05) is 0 Å². The van der Waals surface area contributed by atoms with Crippen molar-refractivity contribution in [3.8, 4) is 0 Å². The number of alkyl carbamates (subject to hydrolysis) is 1. The number of aromatic nitrogens is 2. The Morgan fingerprint density at radius 3 is 2.16 bits per heavy atom. The molecule has 2 rings (SSSR count). The van der Waals surface area contributed by atoms with E-state index in [0.29, 0.717) is 5.06 Å². The van der Waals surface area contributed by atoms with E-state index in [1.807, 2.05) is 0 Å². The largest absolute Gasteiger partial charge is 0.444 e. The molecule has 0 saturated carbocycles. The third kappa shape index (κ3) is 9.89. The molecule has 204 valence electrons. The van der Waals surface area contributed by atoms with E-state index in [1.165, 1.54) is 12.5 Å². The molecule has 0 bridgehead atoms. The number of hydrogen-bond donors (Lipinski definition) is 2. The summed E-state index contributed by atoms with van der Waals surface area (Å²) >= 11 is 0. The fourth-order valence-corrected chi connectivity index (χ4v) is 2.96. The second kappa shape index (κ2) is 11.8. The molecule has 1 aliphatic heterocycles. The molecule has 2 heterocycles. The van der Waals surface area contributed by atoms with Crippen LogP contribution in [0.1, 0.15) is 66.5 Å². The van der Waals surface area contributed by atoms with Crippen molar-refractivity contribution in [2.75, 3.05) is 6.54 Å². The molecule has 0 aromatic carbocycles. The number of imide groups is 1. The van der Waals surface area contributed by atoms with Crippen LogP contribution in [-0.2, 0) is 39.9 Å². The topological polar surface area (TPSA) is 175 Å². The molecule has 1 aliphatic rings. The summed E-state index contributed by atoms with van der Waals surface area (Å²) in [6.07, 6.45) is 0.459. The van der Waals surface area contributed by atoms with E-state index >= 15 is 0 Å². The van der Waals surface area contributed by atoms with Gasteiger partial charge in [-0.15, -0.1) is 5.06 Å². The van der Waals surface area contributed by atoms with Crippen LogP contribution in [0.4, 0.5) is 9.59 Å². The highest BCUT2D eigenvalue weighted by atomic mass is 16.7. The maximum absolute atomic E-state index is 12.8. The lowest BCUT2D eigenvalue weighted by atomic mass is 10.1. The molecule has 2 N–H and O–H groups in total. The number of amides is 4. The van der Waals surface area contributed by atoms with Gasteiger partial charge in [0.2, 0.25) is 5.91 Å². The summed E-state index contributed by atoms with van der Waals surface area (Å²) in [6.45, 7) is 10.1. The first kappa shape index (κ1) is 29.3. The summed E-state index contributed by atoms with van der Waals surface area (Å²) < 4.78 is 11.4. The fraction of sp³-hybridized carbons (Fsp3) is 0.609. The Hall–Kier alpha value is -3.97. The molecule has 0 aliphatic carbocycles. The van der Waals surface area contributed by atoms with Gasteiger partial charge >= 0.3 is 18.2 Å². The monoisotopic (exact) mass is 523 g/mol. The first-order valence-corrected chi connectivity index (χ1v) is 11.6. The summed E-state index contributed by atoms with van der Waals surface area (Å²) in [4.78, 5) is 82.0. The zero-order valence-electron chi connectivity index (χ0n) is 21.8. The average Bonchev–Trinajstić information content (AvgIpc) is 3.32. The number of nitrogens with zero attached hydrogens (tertiary/aromatic N) is 3. The average molecular weight is 524 g/mol. The summed E-state index contributed by atoms with van der Waals surface area (Å²) in [5, 5.41) is 5.24. The zero-order valence-corrected chi connectivity index (χ0v) is 21.8. The standard InChI is InChI=1S/C23H33N5O9/c1-22(2,3)35-20(33)24-10-9-16(29)26-15(19(32)37-28-17(30)7-8-18(28)31)11-14-12-27(13-25-14)21(34)36-23(4,5)6/h12-13,15H,7-11H2,1-6H3,(H,24,33)(H,26,29). The highest BCUT2D eigenvalue weighted by Crippen LogP contribution is 2.14. The van der Waals surface area contributed by atoms with Gasteiger partial charge in [0.05, 0.1) is 5.69 Å². The van der Waals surface area contributed by atoms with E-state index in [0.717, 1.165) is 4.57 Å². The normalized spacial score (nSPS) is 14.7. The summed E-state index contributed by atoms with van der Waals surface area (Å²) in [6, 6.07) is -1.36. The van der Waals surface area contributed by atoms with Gasteiger partial charge in [-0.2, -0.15) is 0 Å². The summed E-state index contributed by atoms with van der Waals surface area (Å²) in [7, 11) is 0. The maximum atomic E-state index is 12.8. The molecule has 14 nitrogen and oxygen atoms in total. The van der Waals surface area contributed by atoms with E-state index in [-0.39, 0.29) is 37.9 Å². The predicted octanol–water partition coefficient (Wildman–Crippen LogP) is 1.22. The van der Waals surface area contributed by atoms with Crippen molar-refractivity contribution in [1.82, 2.24) is 25.2 Å². The van der Waals surface area contributed by atoms with Crippen LogP contribution in [-0.4, -0.2) is 74.3 Å². The minimum atomic E-state index is -1.36. The second-order valence-corrected chi connectivity index (χ2v) is 10.2. The van der Waals surface area contributed by atoms with E-state index in [4.69, 9.17) is 14.3 Å². The summed E-state index contributed by atoms with van der Waals surface area (Å²) in [5.74, 6) is -3.08. The van der Waals surface area contributed by atoms with Crippen molar-refractivity contribution >= 4 is 35.9 Å². The van der Waals surface area contributed by atoms with Crippen molar-refractivity contribution in [2.24, 2.45) is 0 Å². The van der Waals surface area contributed by atoms with Crippen LogP contribution < -0.4 is 10.6 Å². The van der Waals surface area contributed by atoms with Crippen LogP contribution in [0.2, 0.25) is 0 Å². The third-order valence-electron chi connectivity index (χ3n) is 4.48.